The topological polar surface area (TPSA) is 374 Å². The van der Waals surface area contributed by atoms with Crippen molar-refractivity contribution in [2.45, 2.75) is 200 Å². The van der Waals surface area contributed by atoms with E-state index in [2.05, 4.69) is 13.5 Å². The second-order valence-electron chi connectivity index (χ2n) is 20.8. The van der Waals surface area contributed by atoms with Crippen molar-refractivity contribution in [3.8, 4) is 0 Å². The van der Waals surface area contributed by atoms with Crippen molar-refractivity contribution >= 4 is 5.97 Å². The van der Waals surface area contributed by atoms with Gasteiger partial charge in [0.2, 0.25) is 6.29 Å². The van der Waals surface area contributed by atoms with Gasteiger partial charge in [-0.05, 0) is 86.5 Å². The largest absolute Gasteiger partial charge is 0.432 e. The summed E-state index contributed by atoms with van der Waals surface area (Å²) in [4.78, 5) is 14.3. The molecule has 4 saturated heterocycles. The van der Waals surface area contributed by atoms with E-state index in [9.17, 15) is 76.3 Å². The summed E-state index contributed by atoms with van der Waals surface area (Å²) in [6.07, 6.45) is -29.1. The molecule has 2 bridgehead atoms. The van der Waals surface area contributed by atoms with Gasteiger partial charge in [-0.3, -0.25) is 4.79 Å². The monoisotopic (exact) mass is 966 g/mol. The molecule has 384 valence electrons. The van der Waals surface area contributed by atoms with Gasteiger partial charge in [-0.25, -0.2) is 0 Å². The average molecular weight is 967 g/mol. The van der Waals surface area contributed by atoms with Crippen LogP contribution in [-0.4, -0.2) is 232 Å². The second-order valence-corrected chi connectivity index (χ2v) is 20.8. The average Bonchev–Trinajstić information content (AvgIpc) is 3.50. The highest BCUT2D eigenvalue weighted by Crippen LogP contribution is 2.74. The van der Waals surface area contributed by atoms with Crippen LogP contribution in [0.15, 0.2) is 12.2 Å². The Kier molecular flexibility index (Phi) is 15.0. The number of carbonyl (C=O) groups is 1. The highest BCUT2D eigenvalue weighted by atomic mass is 16.8. The first-order valence-electron chi connectivity index (χ1n) is 23.4. The zero-order valence-corrected chi connectivity index (χ0v) is 37.5. The number of aliphatic hydroxyl groups excluding tert-OH is 14. The lowest BCUT2D eigenvalue weighted by atomic mass is 9.41. The Morgan fingerprint density at radius 3 is 1.57 bits per heavy atom. The van der Waals surface area contributed by atoms with Crippen molar-refractivity contribution in [2.24, 2.45) is 28.1 Å². The normalized spacial score (nSPS) is 54.5. The standard InChI is InChI=1S/C44H70O23/c1-17-11-43-9-5-22-41(2,7-4-8-42(22,3)40(59)66-38-33(58)30(55)26(51)20(14-47)62-38)23(43)6-10-44(17,16-43)67-39-35(65-37-32(57)29(54)25(50)19(13-46)61-37)34(27(52)21(15-48)63-39)64-36-31(56)28(53)24(49)18(12-45)60-36/h18-39,45-58H,1,4-16H2,2-3H3/t18-,19-,20-,21-,22-,23-,24-,25-,26-,27-,28+,29+,30+,31-,32-,33-,34+,35-,36+,37+,38+,39+,41+,42-,43+,44-/m1/s1. The first-order valence-corrected chi connectivity index (χ1v) is 23.4. The van der Waals surface area contributed by atoms with E-state index in [1.54, 1.807) is 0 Å². The van der Waals surface area contributed by atoms with Crippen molar-refractivity contribution < 1.29 is 114 Å². The van der Waals surface area contributed by atoms with Gasteiger partial charge in [0.05, 0.1) is 37.4 Å². The lowest BCUT2D eigenvalue weighted by molar-refractivity contribution is -0.400. The van der Waals surface area contributed by atoms with Crippen LogP contribution in [0.3, 0.4) is 0 Å². The lowest BCUT2D eigenvalue weighted by Gasteiger charge is -2.64. The zero-order valence-electron chi connectivity index (χ0n) is 37.5. The summed E-state index contributed by atoms with van der Waals surface area (Å²) < 4.78 is 48.2. The third-order valence-corrected chi connectivity index (χ3v) is 17.1. The fraction of sp³-hybridized carbons (Fsp3) is 0.932. The van der Waals surface area contributed by atoms with Crippen LogP contribution in [0.4, 0.5) is 0 Å². The highest BCUT2D eigenvalue weighted by Gasteiger charge is 2.70. The number of rotatable bonds is 12. The van der Waals surface area contributed by atoms with Crippen LogP contribution in [0.1, 0.15) is 71.6 Å². The molecule has 8 rings (SSSR count). The molecule has 0 amide bonds. The Morgan fingerprint density at radius 1 is 0.567 bits per heavy atom. The molecule has 23 nitrogen and oxygen atoms in total. The van der Waals surface area contributed by atoms with E-state index in [1.165, 1.54) is 0 Å². The molecule has 0 aromatic heterocycles. The Hall–Kier alpha value is -1.63. The summed E-state index contributed by atoms with van der Waals surface area (Å²) >= 11 is 0. The number of ether oxygens (including phenoxy) is 8. The Labute approximate surface area is 386 Å². The first-order chi connectivity index (χ1) is 31.6. The minimum atomic E-state index is -1.95. The van der Waals surface area contributed by atoms with Gasteiger partial charge in [-0.1, -0.05) is 19.9 Å². The van der Waals surface area contributed by atoms with Gasteiger partial charge in [0.1, 0.15) is 97.7 Å². The Bertz CT molecular complexity index is 1760. The minimum Gasteiger partial charge on any atom is -0.432 e. The third kappa shape index (κ3) is 8.63. The molecule has 4 aliphatic heterocycles. The number of carbonyl (C=O) groups excluding carboxylic acids is 1. The van der Waals surface area contributed by atoms with Crippen molar-refractivity contribution in [2.75, 3.05) is 26.4 Å². The number of hydrogen-bond acceptors (Lipinski definition) is 23. The summed E-state index contributed by atoms with van der Waals surface area (Å²) in [5.74, 6) is -0.805. The lowest BCUT2D eigenvalue weighted by Crippen LogP contribution is -2.68. The summed E-state index contributed by atoms with van der Waals surface area (Å²) in [6, 6.07) is 0. The molecule has 67 heavy (non-hydrogen) atoms. The third-order valence-electron chi connectivity index (χ3n) is 17.1. The molecule has 8 aliphatic rings. The smallest absolute Gasteiger partial charge is 0.314 e. The van der Waals surface area contributed by atoms with Gasteiger partial charge in [-0.15, -0.1) is 0 Å². The van der Waals surface area contributed by atoms with Crippen LogP contribution in [0.25, 0.3) is 0 Å². The van der Waals surface area contributed by atoms with E-state index in [4.69, 9.17) is 37.9 Å². The Morgan fingerprint density at radius 2 is 1.03 bits per heavy atom. The van der Waals surface area contributed by atoms with Crippen LogP contribution >= 0.6 is 0 Å². The van der Waals surface area contributed by atoms with Crippen LogP contribution < -0.4 is 0 Å². The zero-order chi connectivity index (χ0) is 48.7. The fourth-order valence-electron chi connectivity index (χ4n) is 13.5. The number of esters is 1. The van der Waals surface area contributed by atoms with Crippen molar-refractivity contribution in [1.29, 1.82) is 0 Å². The van der Waals surface area contributed by atoms with E-state index in [0.717, 1.165) is 6.42 Å². The van der Waals surface area contributed by atoms with Gasteiger partial charge in [0.25, 0.3) is 0 Å². The van der Waals surface area contributed by atoms with Crippen molar-refractivity contribution in [1.82, 2.24) is 0 Å². The quantitative estimate of drug-likeness (QED) is 0.0494. The number of aliphatic hydroxyl groups is 14. The molecule has 0 unspecified atom stereocenters. The molecule has 0 aromatic rings. The van der Waals surface area contributed by atoms with E-state index >= 15 is 0 Å². The molecule has 1 spiro atoms. The molecule has 0 aromatic carbocycles. The van der Waals surface area contributed by atoms with Gasteiger partial charge in [0.15, 0.2) is 18.9 Å². The molecule has 0 radical (unpaired) electrons. The number of hydrogen-bond donors (Lipinski definition) is 14. The summed E-state index contributed by atoms with van der Waals surface area (Å²) in [5, 5.41) is 148. The van der Waals surface area contributed by atoms with Gasteiger partial charge in [-0.2, -0.15) is 0 Å². The molecule has 14 N–H and O–H groups in total. The summed E-state index contributed by atoms with van der Waals surface area (Å²) in [6.45, 7) is 5.41. The van der Waals surface area contributed by atoms with Crippen LogP contribution in [-0.2, 0) is 42.7 Å². The van der Waals surface area contributed by atoms with Gasteiger partial charge in [0, 0.05) is 0 Å². The van der Waals surface area contributed by atoms with E-state index < -0.39 is 177 Å². The van der Waals surface area contributed by atoms with E-state index in [1.807, 2.05) is 6.92 Å². The second kappa shape index (κ2) is 19.4. The molecule has 4 aliphatic carbocycles. The first kappa shape index (κ1) is 51.7. The highest BCUT2D eigenvalue weighted by molar-refractivity contribution is 5.77. The molecular weight excluding hydrogens is 896 g/mol. The molecule has 26 atom stereocenters. The Balaban J connectivity index is 1.06. The van der Waals surface area contributed by atoms with E-state index in [0.29, 0.717) is 56.9 Å². The van der Waals surface area contributed by atoms with Crippen LogP contribution in [0.5, 0.6) is 0 Å². The maximum atomic E-state index is 14.3. The predicted molar refractivity (Wildman–Crippen MR) is 219 cm³/mol. The summed E-state index contributed by atoms with van der Waals surface area (Å²) in [5.41, 5.74) is -2.33. The van der Waals surface area contributed by atoms with Crippen LogP contribution in [0, 0.1) is 28.1 Å². The van der Waals surface area contributed by atoms with Crippen molar-refractivity contribution in [3.05, 3.63) is 12.2 Å². The van der Waals surface area contributed by atoms with E-state index in [-0.39, 0.29) is 11.8 Å². The molecular formula is C44H70O23. The van der Waals surface area contributed by atoms with Gasteiger partial charge < -0.3 is 109 Å². The molecule has 4 saturated carbocycles. The maximum absolute atomic E-state index is 14.3. The molecule has 23 heteroatoms. The SMILES string of the molecule is C=C1C[C@]23CC[C@@H]4[C@](C)(CCC[C@@]4(C)C(=O)O[C@@H]4O[C@H](CO)[C@@H](O)[C@H](O)[C@H]4O)[C@H]2CC[C@@]1(O[C@@H]1O[C@H](CO)[C@@H](O)[C@H](O[C@@H]2O[C@H](CO)[C@@H](O)[C@H](O)[C@H]2O)[C@H]1O[C@@H]1O[C@H](CO)[C@@H](O)[C@H](O)[C@H]1O)C3. The number of fused-ring (bicyclic) bond motifs is 3. The van der Waals surface area contributed by atoms with Gasteiger partial charge >= 0.3 is 5.97 Å². The predicted octanol–water partition coefficient (Wildman–Crippen LogP) is -5.11. The maximum Gasteiger partial charge on any atom is 0.314 e. The fourth-order valence-corrected chi connectivity index (χ4v) is 13.5. The molecule has 4 heterocycles. The van der Waals surface area contributed by atoms with Crippen LogP contribution in [0.2, 0.25) is 0 Å². The molecule has 8 fully saturated rings. The minimum absolute atomic E-state index is 0.0251. The van der Waals surface area contributed by atoms with Crippen molar-refractivity contribution in [3.63, 3.8) is 0 Å². The summed E-state index contributed by atoms with van der Waals surface area (Å²) in [7, 11) is 0.